The predicted octanol–water partition coefficient (Wildman–Crippen LogP) is 4.47. The van der Waals surface area contributed by atoms with E-state index in [9.17, 15) is 0 Å². The summed E-state index contributed by atoms with van der Waals surface area (Å²) in [4.78, 5) is 2.54. The van der Waals surface area contributed by atoms with Gasteiger partial charge >= 0.3 is 0 Å². The van der Waals surface area contributed by atoms with Crippen LogP contribution < -0.4 is 0 Å². The summed E-state index contributed by atoms with van der Waals surface area (Å²) in [5.74, 6) is 0. The number of likely N-dealkylation sites (tertiary alicyclic amines) is 1. The SMILES string of the molecule is CC(C)n1cc(CN2CCCC2)c2cccc(Cl)c21. The van der Waals surface area contributed by atoms with E-state index in [1.165, 1.54) is 42.4 Å². The predicted molar refractivity (Wildman–Crippen MR) is 81.8 cm³/mol. The maximum Gasteiger partial charge on any atom is 0.0675 e. The van der Waals surface area contributed by atoms with Crippen LogP contribution in [0.15, 0.2) is 24.4 Å². The molecule has 0 saturated carbocycles. The lowest BCUT2D eigenvalue weighted by atomic mass is 10.1. The van der Waals surface area contributed by atoms with Crippen LogP contribution in [0, 0.1) is 0 Å². The van der Waals surface area contributed by atoms with Gasteiger partial charge in [0.05, 0.1) is 10.5 Å². The van der Waals surface area contributed by atoms with E-state index in [-0.39, 0.29) is 0 Å². The van der Waals surface area contributed by atoms with Crippen molar-refractivity contribution in [3.8, 4) is 0 Å². The largest absolute Gasteiger partial charge is 0.343 e. The first-order valence-corrected chi connectivity index (χ1v) is 7.55. The minimum atomic E-state index is 0.440. The van der Waals surface area contributed by atoms with E-state index in [2.05, 4.69) is 41.6 Å². The van der Waals surface area contributed by atoms with Crippen molar-refractivity contribution < 1.29 is 0 Å². The summed E-state index contributed by atoms with van der Waals surface area (Å²) in [6, 6.07) is 6.69. The molecule has 2 aromatic rings. The van der Waals surface area contributed by atoms with Gasteiger partial charge in [0.25, 0.3) is 0 Å². The lowest BCUT2D eigenvalue weighted by Crippen LogP contribution is -2.18. The lowest BCUT2D eigenvalue weighted by Gasteiger charge is -2.13. The van der Waals surface area contributed by atoms with Crippen molar-refractivity contribution >= 4 is 22.5 Å². The molecule has 1 aromatic heterocycles. The van der Waals surface area contributed by atoms with E-state index in [0.717, 1.165) is 11.6 Å². The van der Waals surface area contributed by atoms with Crippen molar-refractivity contribution in [2.75, 3.05) is 13.1 Å². The Hall–Kier alpha value is -0.990. The zero-order valence-electron chi connectivity index (χ0n) is 11.7. The second-order valence-electron chi connectivity index (χ2n) is 5.77. The summed E-state index contributed by atoms with van der Waals surface area (Å²) in [5, 5.41) is 2.17. The number of fused-ring (bicyclic) bond motifs is 1. The van der Waals surface area contributed by atoms with E-state index >= 15 is 0 Å². The van der Waals surface area contributed by atoms with Crippen LogP contribution in [0.4, 0.5) is 0 Å². The quantitative estimate of drug-likeness (QED) is 0.803. The Morgan fingerprint density at radius 2 is 1.95 bits per heavy atom. The Morgan fingerprint density at radius 1 is 1.21 bits per heavy atom. The highest BCUT2D eigenvalue weighted by molar-refractivity contribution is 6.35. The number of nitrogens with zero attached hydrogens (tertiary/aromatic N) is 2. The number of hydrogen-bond acceptors (Lipinski definition) is 1. The van der Waals surface area contributed by atoms with Crippen molar-refractivity contribution in [2.24, 2.45) is 0 Å². The first-order chi connectivity index (χ1) is 9.16. The Labute approximate surface area is 120 Å². The number of para-hydroxylation sites is 1. The molecular weight excluding hydrogens is 256 g/mol. The topological polar surface area (TPSA) is 8.17 Å². The summed E-state index contributed by atoms with van der Waals surface area (Å²) in [7, 11) is 0. The fourth-order valence-corrected chi connectivity index (χ4v) is 3.33. The van der Waals surface area contributed by atoms with Gasteiger partial charge in [-0.15, -0.1) is 0 Å². The molecule has 19 heavy (non-hydrogen) atoms. The Morgan fingerprint density at radius 3 is 2.63 bits per heavy atom. The number of hydrogen-bond donors (Lipinski definition) is 0. The molecule has 102 valence electrons. The summed E-state index contributed by atoms with van der Waals surface area (Å²) in [6.45, 7) is 7.94. The maximum atomic E-state index is 6.40. The molecule has 1 aliphatic rings. The molecule has 3 heteroatoms. The van der Waals surface area contributed by atoms with E-state index < -0.39 is 0 Å². The Kier molecular flexibility index (Phi) is 3.55. The molecule has 0 radical (unpaired) electrons. The number of aromatic nitrogens is 1. The minimum absolute atomic E-state index is 0.440. The summed E-state index contributed by atoms with van der Waals surface area (Å²) >= 11 is 6.40. The molecule has 0 unspecified atom stereocenters. The summed E-state index contributed by atoms with van der Waals surface area (Å²) < 4.78 is 2.31. The molecular formula is C16H21ClN2. The molecule has 2 nitrogen and oxygen atoms in total. The van der Waals surface area contributed by atoms with Crippen molar-refractivity contribution in [2.45, 2.75) is 39.3 Å². The Bertz CT molecular complexity index is 580. The van der Waals surface area contributed by atoms with Crippen LogP contribution in [-0.2, 0) is 6.54 Å². The van der Waals surface area contributed by atoms with Gasteiger partial charge in [0.2, 0.25) is 0 Å². The molecule has 3 rings (SSSR count). The monoisotopic (exact) mass is 276 g/mol. The van der Waals surface area contributed by atoms with Gasteiger partial charge in [-0.05, 0) is 51.4 Å². The van der Waals surface area contributed by atoms with Crippen LogP contribution in [0.1, 0.15) is 38.3 Å². The molecule has 0 spiro atoms. The van der Waals surface area contributed by atoms with Crippen molar-refractivity contribution in [1.29, 1.82) is 0 Å². The molecule has 1 aliphatic heterocycles. The van der Waals surface area contributed by atoms with Crippen LogP contribution in [-0.4, -0.2) is 22.6 Å². The van der Waals surface area contributed by atoms with E-state index in [4.69, 9.17) is 11.6 Å². The van der Waals surface area contributed by atoms with Crippen molar-refractivity contribution in [1.82, 2.24) is 9.47 Å². The van der Waals surface area contributed by atoms with Crippen LogP contribution in [0.3, 0.4) is 0 Å². The van der Waals surface area contributed by atoms with Gasteiger partial charge in [-0.1, -0.05) is 23.7 Å². The number of halogens is 1. The molecule has 0 atom stereocenters. The van der Waals surface area contributed by atoms with Crippen molar-refractivity contribution in [3.05, 3.63) is 35.0 Å². The maximum absolute atomic E-state index is 6.40. The minimum Gasteiger partial charge on any atom is -0.343 e. The van der Waals surface area contributed by atoms with Crippen LogP contribution >= 0.6 is 11.6 Å². The molecule has 1 fully saturated rings. The van der Waals surface area contributed by atoms with E-state index in [1.807, 2.05) is 6.07 Å². The third-order valence-corrected chi connectivity index (χ3v) is 4.34. The molecule has 2 heterocycles. The zero-order valence-corrected chi connectivity index (χ0v) is 12.5. The third-order valence-electron chi connectivity index (χ3n) is 4.03. The number of benzene rings is 1. The molecule has 0 N–H and O–H groups in total. The van der Waals surface area contributed by atoms with Gasteiger partial charge in [-0.3, -0.25) is 4.90 Å². The van der Waals surface area contributed by atoms with E-state index in [1.54, 1.807) is 0 Å². The highest BCUT2D eigenvalue weighted by Gasteiger charge is 2.17. The van der Waals surface area contributed by atoms with Crippen molar-refractivity contribution in [3.63, 3.8) is 0 Å². The average Bonchev–Trinajstić information content (AvgIpc) is 2.99. The number of rotatable bonds is 3. The smallest absolute Gasteiger partial charge is 0.0675 e. The molecule has 0 bridgehead atoms. The van der Waals surface area contributed by atoms with Crippen LogP contribution in [0.2, 0.25) is 5.02 Å². The van der Waals surface area contributed by atoms with Gasteiger partial charge in [0.15, 0.2) is 0 Å². The highest BCUT2D eigenvalue weighted by atomic mass is 35.5. The van der Waals surface area contributed by atoms with Gasteiger partial charge in [-0.25, -0.2) is 0 Å². The molecule has 1 aromatic carbocycles. The highest BCUT2D eigenvalue weighted by Crippen LogP contribution is 2.31. The second kappa shape index (κ2) is 5.18. The fraction of sp³-hybridized carbons (Fsp3) is 0.500. The summed E-state index contributed by atoms with van der Waals surface area (Å²) in [6.07, 6.45) is 4.96. The second-order valence-corrected chi connectivity index (χ2v) is 6.18. The molecule has 0 aliphatic carbocycles. The lowest BCUT2D eigenvalue weighted by molar-refractivity contribution is 0.332. The van der Waals surface area contributed by atoms with Crippen LogP contribution in [0.5, 0.6) is 0 Å². The fourth-order valence-electron chi connectivity index (χ4n) is 3.05. The first kappa shape index (κ1) is 13.0. The normalized spacial score (nSPS) is 16.8. The van der Waals surface area contributed by atoms with Gasteiger partial charge in [0, 0.05) is 24.2 Å². The van der Waals surface area contributed by atoms with Crippen LogP contribution in [0.25, 0.3) is 10.9 Å². The standard InChI is InChI=1S/C16H21ClN2/c1-12(2)19-11-13(10-18-8-3-4-9-18)14-6-5-7-15(17)16(14)19/h5-7,11-12H,3-4,8-10H2,1-2H3. The Balaban J connectivity index is 2.06. The summed E-state index contributed by atoms with van der Waals surface area (Å²) in [5.41, 5.74) is 2.60. The average molecular weight is 277 g/mol. The van der Waals surface area contributed by atoms with Gasteiger partial charge in [0.1, 0.15) is 0 Å². The van der Waals surface area contributed by atoms with E-state index in [0.29, 0.717) is 6.04 Å². The molecule has 1 saturated heterocycles. The first-order valence-electron chi connectivity index (χ1n) is 7.17. The van der Waals surface area contributed by atoms with Gasteiger partial charge < -0.3 is 4.57 Å². The molecule has 0 amide bonds. The third kappa shape index (κ3) is 2.39. The van der Waals surface area contributed by atoms with Gasteiger partial charge in [-0.2, -0.15) is 0 Å². The zero-order chi connectivity index (χ0) is 13.4.